The third-order valence-corrected chi connectivity index (χ3v) is 6.46. The lowest BCUT2D eigenvalue weighted by Crippen LogP contribution is -2.49. The maximum Gasteiger partial charge on any atom is 0.270 e. The number of hydrogen-bond donors (Lipinski definition) is 4. The van der Waals surface area contributed by atoms with Gasteiger partial charge in [-0.05, 0) is 42.5 Å². The van der Waals surface area contributed by atoms with Gasteiger partial charge in [-0.1, -0.05) is 6.07 Å². The zero-order valence-corrected chi connectivity index (χ0v) is 19.1. The monoisotopic (exact) mass is 463 g/mol. The number of hydrogen-bond acceptors (Lipinski definition) is 8. The Morgan fingerprint density at radius 2 is 2.06 bits per heavy atom. The molecule has 10 heteroatoms. The molecule has 2 aromatic rings. The van der Waals surface area contributed by atoms with E-state index in [-0.39, 0.29) is 36.1 Å². The highest BCUT2D eigenvalue weighted by Gasteiger charge is 2.25. The van der Waals surface area contributed by atoms with Gasteiger partial charge in [-0.15, -0.1) is 0 Å². The Morgan fingerprint density at radius 3 is 2.79 bits per heavy atom. The molecule has 2 aliphatic rings. The molecule has 2 amide bonds. The second kappa shape index (κ2) is 10.6. The molecule has 10 nitrogen and oxygen atoms in total. The van der Waals surface area contributed by atoms with Crippen LogP contribution in [0.5, 0.6) is 0 Å². The van der Waals surface area contributed by atoms with Gasteiger partial charge in [0.1, 0.15) is 17.8 Å². The molecule has 3 heterocycles. The lowest BCUT2D eigenvalue weighted by molar-refractivity contribution is -0.129. The van der Waals surface area contributed by atoms with Crippen LogP contribution in [0.15, 0.2) is 30.6 Å². The highest BCUT2D eigenvalue weighted by atomic mass is 16.3. The summed E-state index contributed by atoms with van der Waals surface area (Å²) in [6.45, 7) is 3.62. The largest absolute Gasteiger partial charge is 0.390 e. The Kier molecular flexibility index (Phi) is 7.35. The summed E-state index contributed by atoms with van der Waals surface area (Å²) < 4.78 is 0. The van der Waals surface area contributed by atoms with Crippen LogP contribution in [0.3, 0.4) is 0 Å². The van der Waals surface area contributed by atoms with E-state index in [1.807, 2.05) is 17.0 Å². The molecule has 1 fully saturated rings. The van der Waals surface area contributed by atoms with Crippen LogP contribution in [0.1, 0.15) is 46.9 Å². The van der Waals surface area contributed by atoms with Crippen molar-refractivity contribution in [2.24, 2.45) is 0 Å². The van der Waals surface area contributed by atoms with Crippen molar-refractivity contribution in [3.05, 3.63) is 53.0 Å². The Hall–Kier alpha value is -3.55. The molecule has 2 aliphatic heterocycles. The smallest absolute Gasteiger partial charge is 0.270 e. The van der Waals surface area contributed by atoms with Gasteiger partial charge in [-0.2, -0.15) is 5.26 Å². The van der Waals surface area contributed by atoms with Crippen molar-refractivity contribution in [3.8, 4) is 6.07 Å². The molecule has 4 rings (SSSR count). The zero-order valence-electron chi connectivity index (χ0n) is 19.1. The fourth-order valence-corrected chi connectivity index (χ4v) is 4.42. The number of aliphatic hydroxyl groups is 1. The number of aromatic nitrogens is 2. The van der Waals surface area contributed by atoms with E-state index >= 15 is 0 Å². The Morgan fingerprint density at radius 1 is 1.26 bits per heavy atom. The van der Waals surface area contributed by atoms with Gasteiger partial charge in [0.25, 0.3) is 5.91 Å². The second-order valence-corrected chi connectivity index (χ2v) is 8.78. The number of anilines is 1. The van der Waals surface area contributed by atoms with E-state index in [0.717, 1.165) is 24.0 Å². The molecule has 4 N–H and O–H groups in total. The van der Waals surface area contributed by atoms with Crippen molar-refractivity contribution in [1.82, 2.24) is 25.5 Å². The van der Waals surface area contributed by atoms with E-state index in [0.29, 0.717) is 37.4 Å². The molecule has 2 atom stereocenters. The third kappa shape index (κ3) is 5.68. The van der Waals surface area contributed by atoms with E-state index < -0.39 is 6.10 Å². The molecule has 0 radical (unpaired) electrons. The minimum absolute atomic E-state index is 0.0817. The van der Waals surface area contributed by atoms with Gasteiger partial charge in [0.15, 0.2) is 0 Å². The summed E-state index contributed by atoms with van der Waals surface area (Å²) >= 11 is 0. The van der Waals surface area contributed by atoms with Crippen molar-refractivity contribution in [2.75, 3.05) is 25.0 Å². The first-order valence-corrected chi connectivity index (χ1v) is 11.5. The fraction of sp³-hybridized carbons (Fsp3) is 0.458. The van der Waals surface area contributed by atoms with Gasteiger partial charge >= 0.3 is 0 Å². The zero-order chi connectivity index (χ0) is 24.1. The number of aliphatic hydroxyl groups excluding tert-OH is 1. The number of nitrogens with one attached hydrogen (secondary N) is 3. The van der Waals surface area contributed by atoms with Crippen LogP contribution in [0.4, 0.5) is 5.82 Å². The average Bonchev–Trinajstić information content (AvgIpc) is 2.86. The number of piperidine rings is 1. The maximum absolute atomic E-state index is 12.6. The van der Waals surface area contributed by atoms with Gasteiger partial charge in [0.2, 0.25) is 5.91 Å². The maximum atomic E-state index is 12.6. The van der Waals surface area contributed by atoms with Gasteiger partial charge in [0, 0.05) is 51.3 Å². The first-order valence-electron chi connectivity index (χ1n) is 11.5. The van der Waals surface area contributed by atoms with Gasteiger partial charge < -0.3 is 26.0 Å². The summed E-state index contributed by atoms with van der Waals surface area (Å²) in [6, 6.07) is 9.27. The summed E-state index contributed by atoms with van der Waals surface area (Å²) in [7, 11) is 0. The van der Waals surface area contributed by atoms with E-state index in [1.54, 1.807) is 19.1 Å². The molecular weight excluding hydrogens is 434 g/mol. The van der Waals surface area contributed by atoms with Crippen molar-refractivity contribution in [1.29, 1.82) is 5.26 Å². The Balaban J connectivity index is 1.28. The first kappa shape index (κ1) is 23.6. The molecule has 0 bridgehead atoms. The number of likely N-dealkylation sites (tertiary alicyclic amines) is 1. The predicted molar refractivity (Wildman–Crippen MR) is 125 cm³/mol. The van der Waals surface area contributed by atoms with Crippen LogP contribution < -0.4 is 16.0 Å². The van der Waals surface area contributed by atoms with Crippen LogP contribution in [-0.4, -0.2) is 69.6 Å². The molecule has 0 spiro atoms. The molecule has 34 heavy (non-hydrogen) atoms. The lowest BCUT2D eigenvalue weighted by atomic mass is 9.92. The molecule has 0 saturated carbocycles. The number of carbonyl (C=O) groups is 2. The summed E-state index contributed by atoms with van der Waals surface area (Å²) in [4.78, 5) is 34.2. The van der Waals surface area contributed by atoms with Gasteiger partial charge in [-0.25, -0.2) is 9.97 Å². The van der Waals surface area contributed by atoms with Crippen LogP contribution in [0, 0.1) is 11.3 Å². The number of amides is 2. The summed E-state index contributed by atoms with van der Waals surface area (Å²) in [5.41, 5.74) is 2.98. The predicted octanol–water partition coefficient (Wildman–Crippen LogP) is 0.576. The number of rotatable bonds is 6. The molecular formula is C24H29N7O3. The van der Waals surface area contributed by atoms with Crippen LogP contribution in [-0.2, 0) is 17.8 Å². The van der Waals surface area contributed by atoms with Crippen molar-refractivity contribution < 1.29 is 14.7 Å². The lowest BCUT2D eigenvalue weighted by Gasteiger charge is -2.32. The molecule has 1 aromatic heterocycles. The molecule has 178 valence electrons. The summed E-state index contributed by atoms with van der Waals surface area (Å²) in [5.74, 6) is 0.262. The summed E-state index contributed by atoms with van der Waals surface area (Å²) in [6.07, 6.45) is 2.80. The van der Waals surface area contributed by atoms with Crippen LogP contribution in [0.25, 0.3) is 0 Å². The van der Waals surface area contributed by atoms with E-state index in [4.69, 9.17) is 5.26 Å². The Bertz CT molecular complexity index is 1090. The SMILES string of the molecule is CC(=O)N1CCC(Nc2cc(C(=O)NC[C@@H](O)[C@@H]3Cc4ccc(C#N)cc4CN3)ncn2)CC1. The standard InChI is InChI=1S/C24H29N7O3/c1-15(32)31-6-4-19(5-7-31)30-23-10-21(28-14-29-23)24(34)27-13-22(33)20-9-17-3-2-16(11-25)8-18(17)12-26-20/h2-3,8,10,14,19-20,22,26,33H,4-7,9,12-13H2,1H3,(H,27,34)(H,28,29,30)/t20-,22+/m0/s1. The molecule has 0 unspecified atom stereocenters. The van der Waals surface area contributed by atoms with Crippen molar-refractivity contribution in [3.63, 3.8) is 0 Å². The fourth-order valence-electron chi connectivity index (χ4n) is 4.42. The van der Waals surface area contributed by atoms with Gasteiger partial charge in [-0.3, -0.25) is 9.59 Å². The molecule has 1 saturated heterocycles. The van der Waals surface area contributed by atoms with Gasteiger partial charge in [0.05, 0.1) is 17.7 Å². The number of benzene rings is 1. The highest BCUT2D eigenvalue weighted by molar-refractivity contribution is 5.92. The average molecular weight is 464 g/mol. The molecule has 1 aromatic carbocycles. The topological polar surface area (TPSA) is 143 Å². The summed E-state index contributed by atoms with van der Waals surface area (Å²) in [5, 5.41) is 29.0. The Labute approximate surface area is 198 Å². The number of nitriles is 1. The van der Waals surface area contributed by atoms with Crippen molar-refractivity contribution >= 4 is 17.6 Å². The van der Waals surface area contributed by atoms with Crippen LogP contribution in [0.2, 0.25) is 0 Å². The number of carbonyl (C=O) groups excluding carboxylic acids is 2. The van der Waals surface area contributed by atoms with Crippen LogP contribution >= 0.6 is 0 Å². The minimum Gasteiger partial charge on any atom is -0.390 e. The van der Waals surface area contributed by atoms with E-state index in [9.17, 15) is 14.7 Å². The second-order valence-electron chi connectivity index (χ2n) is 8.78. The number of fused-ring (bicyclic) bond motifs is 1. The quantitative estimate of drug-likeness (QED) is 0.487. The third-order valence-electron chi connectivity index (χ3n) is 6.46. The number of nitrogens with zero attached hydrogens (tertiary/aromatic N) is 4. The van der Waals surface area contributed by atoms with Crippen molar-refractivity contribution in [2.45, 2.75) is 50.9 Å². The molecule has 0 aliphatic carbocycles. The normalized spacial score (nSPS) is 19.0. The first-order chi connectivity index (χ1) is 16.4. The highest BCUT2D eigenvalue weighted by Crippen LogP contribution is 2.20. The minimum atomic E-state index is -0.779. The van der Waals surface area contributed by atoms with E-state index in [1.165, 1.54) is 6.33 Å². The van der Waals surface area contributed by atoms with E-state index in [2.05, 4.69) is 32.0 Å².